The number of carbonyl (C=O) groups excluding carboxylic acids is 1. The van der Waals surface area contributed by atoms with Gasteiger partial charge in [0.15, 0.2) is 5.78 Å². The largest absolute Gasteiger partial charge is 0.319 e. The van der Waals surface area contributed by atoms with Gasteiger partial charge in [0.25, 0.3) is 0 Å². The minimum Gasteiger partial charge on any atom is -0.319 e. The number of aryl methyl sites for hydroxylation is 2. The smallest absolute Gasteiger partial charge is 0.152 e. The van der Waals surface area contributed by atoms with Crippen LogP contribution in [0.1, 0.15) is 44.1 Å². The molecular weight excluding hydrogens is 214 g/mol. The van der Waals surface area contributed by atoms with Crippen molar-refractivity contribution in [1.29, 1.82) is 0 Å². The van der Waals surface area contributed by atoms with Gasteiger partial charge in [0, 0.05) is 19.7 Å². The van der Waals surface area contributed by atoms with Crippen LogP contribution in [0.25, 0.3) is 0 Å². The molecule has 1 aliphatic carbocycles. The molecule has 0 aliphatic heterocycles. The molecule has 1 fully saturated rings. The summed E-state index contributed by atoms with van der Waals surface area (Å²) in [4.78, 5) is 12.1. The van der Waals surface area contributed by atoms with Crippen LogP contribution < -0.4 is 5.73 Å². The maximum atomic E-state index is 12.1. The Kier molecular flexibility index (Phi) is 3.62. The van der Waals surface area contributed by atoms with E-state index in [4.69, 9.17) is 5.73 Å². The number of aromatic nitrogens is 2. The highest BCUT2D eigenvalue weighted by molar-refractivity contribution is 5.88. The molecule has 1 aliphatic rings. The van der Waals surface area contributed by atoms with E-state index in [9.17, 15) is 4.79 Å². The molecule has 0 atom stereocenters. The number of Topliss-reactive ketones (excluding diaryl/α,β-unsaturated/α-hetero) is 1. The van der Waals surface area contributed by atoms with E-state index >= 15 is 0 Å². The number of carbonyl (C=O) groups is 1. The molecule has 94 valence electrons. The summed E-state index contributed by atoms with van der Waals surface area (Å²) >= 11 is 0. The topological polar surface area (TPSA) is 60.9 Å². The first-order valence-electron chi connectivity index (χ1n) is 6.40. The van der Waals surface area contributed by atoms with Gasteiger partial charge in [-0.1, -0.05) is 19.3 Å². The molecule has 4 nitrogen and oxygen atoms in total. The van der Waals surface area contributed by atoms with E-state index in [1.807, 2.05) is 19.4 Å². The number of ketones is 1. The first kappa shape index (κ1) is 12.3. The monoisotopic (exact) mass is 235 g/mol. The summed E-state index contributed by atoms with van der Waals surface area (Å²) in [6.45, 7) is 0. The fourth-order valence-corrected chi connectivity index (χ4v) is 2.57. The van der Waals surface area contributed by atoms with Gasteiger partial charge < -0.3 is 5.73 Å². The minimum atomic E-state index is -0.541. The third-order valence-electron chi connectivity index (χ3n) is 3.70. The van der Waals surface area contributed by atoms with Gasteiger partial charge in [-0.2, -0.15) is 5.10 Å². The second kappa shape index (κ2) is 5.00. The van der Waals surface area contributed by atoms with Crippen molar-refractivity contribution in [3.05, 3.63) is 18.0 Å². The first-order valence-corrected chi connectivity index (χ1v) is 6.40. The zero-order valence-electron chi connectivity index (χ0n) is 10.5. The van der Waals surface area contributed by atoms with Crippen LogP contribution in [-0.2, 0) is 18.3 Å². The van der Waals surface area contributed by atoms with Gasteiger partial charge in [-0.05, 0) is 24.8 Å². The predicted molar refractivity (Wildman–Crippen MR) is 66.5 cm³/mol. The molecule has 1 aromatic rings. The third kappa shape index (κ3) is 2.94. The number of hydrogen-bond acceptors (Lipinski definition) is 3. The third-order valence-corrected chi connectivity index (χ3v) is 3.70. The van der Waals surface area contributed by atoms with E-state index in [-0.39, 0.29) is 5.78 Å². The molecule has 4 heteroatoms. The van der Waals surface area contributed by atoms with E-state index in [0.29, 0.717) is 6.42 Å². The standard InChI is InChI=1S/C13H21N3O/c1-16-10-11(9-15-16)5-6-12(17)13(14)7-3-2-4-8-13/h9-10H,2-8,14H2,1H3. The Balaban J connectivity index is 1.88. The maximum Gasteiger partial charge on any atom is 0.152 e. The van der Waals surface area contributed by atoms with E-state index in [1.165, 1.54) is 6.42 Å². The Morgan fingerprint density at radius 3 is 2.76 bits per heavy atom. The molecule has 1 heterocycles. The summed E-state index contributed by atoms with van der Waals surface area (Å²) in [5.74, 6) is 0.223. The number of nitrogens with zero attached hydrogens (tertiary/aromatic N) is 2. The fourth-order valence-electron chi connectivity index (χ4n) is 2.57. The Morgan fingerprint density at radius 1 is 1.47 bits per heavy atom. The van der Waals surface area contributed by atoms with E-state index in [1.54, 1.807) is 4.68 Å². The van der Waals surface area contributed by atoms with Gasteiger partial charge in [-0.3, -0.25) is 9.48 Å². The first-order chi connectivity index (χ1) is 8.10. The summed E-state index contributed by atoms with van der Waals surface area (Å²) in [7, 11) is 1.89. The molecule has 0 spiro atoms. The van der Waals surface area contributed by atoms with Gasteiger partial charge >= 0.3 is 0 Å². The van der Waals surface area contributed by atoms with Crippen molar-refractivity contribution in [2.45, 2.75) is 50.5 Å². The van der Waals surface area contributed by atoms with Gasteiger partial charge in [-0.15, -0.1) is 0 Å². The predicted octanol–water partition coefficient (Wildman–Crippen LogP) is 1.58. The lowest BCUT2D eigenvalue weighted by molar-refractivity contribution is -0.125. The Hall–Kier alpha value is -1.16. The Labute approximate surface area is 102 Å². The van der Waals surface area contributed by atoms with Crippen LogP contribution in [0.15, 0.2) is 12.4 Å². The van der Waals surface area contributed by atoms with Crippen molar-refractivity contribution in [3.8, 4) is 0 Å². The van der Waals surface area contributed by atoms with Gasteiger partial charge in [-0.25, -0.2) is 0 Å². The van der Waals surface area contributed by atoms with Gasteiger partial charge in [0.2, 0.25) is 0 Å². The van der Waals surface area contributed by atoms with Crippen molar-refractivity contribution < 1.29 is 4.79 Å². The molecule has 2 N–H and O–H groups in total. The number of hydrogen-bond donors (Lipinski definition) is 1. The van der Waals surface area contributed by atoms with Crippen LogP contribution in [0.3, 0.4) is 0 Å². The molecule has 0 amide bonds. The highest BCUT2D eigenvalue weighted by Gasteiger charge is 2.34. The average molecular weight is 235 g/mol. The van der Waals surface area contributed by atoms with Gasteiger partial charge in [0.1, 0.15) is 0 Å². The summed E-state index contributed by atoms with van der Waals surface area (Å²) < 4.78 is 1.76. The van der Waals surface area contributed by atoms with Crippen molar-refractivity contribution in [3.63, 3.8) is 0 Å². The summed E-state index contributed by atoms with van der Waals surface area (Å²) in [6.07, 6.45) is 10.2. The fraction of sp³-hybridized carbons (Fsp3) is 0.692. The second-order valence-corrected chi connectivity index (χ2v) is 5.16. The lowest BCUT2D eigenvalue weighted by atomic mass is 9.78. The lowest BCUT2D eigenvalue weighted by Crippen LogP contribution is -2.49. The molecule has 0 aromatic carbocycles. The highest BCUT2D eigenvalue weighted by atomic mass is 16.1. The van der Waals surface area contributed by atoms with Crippen LogP contribution in [0, 0.1) is 0 Å². The Morgan fingerprint density at radius 2 is 2.18 bits per heavy atom. The van der Waals surface area contributed by atoms with Crippen LogP contribution >= 0.6 is 0 Å². The Bertz CT molecular complexity index is 391. The quantitative estimate of drug-likeness (QED) is 0.862. The van der Waals surface area contributed by atoms with Crippen molar-refractivity contribution >= 4 is 5.78 Å². The zero-order valence-corrected chi connectivity index (χ0v) is 10.5. The van der Waals surface area contributed by atoms with E-state index < -0.39 is 5.54 Å². The number of rotatable bonds is 4. The van der Waals surface area contributed by atoms with Crippen LogP contribution in [0.2, 0.25) is 0 Å². The molecule has 0 radical (unpaired) electrons. The molecular formula is C13H21N3O. The molecule has 1 saturated carbocycles. The number of nitrogens with two attached hydrogens (primary N) is 1. The minimum absolute atomic E-state index is 0.223. The van der Waals surface area contributed by atoms with Crippen LogP contribution in [0.4, 0.5) is 0 Å². The van der Waals surface area contributed by atoms with Crippen LogP contribution in [-0.4, -0.2) is 21.1 Å². The summed E-state index contributed by atoms with van der Waals surface area (Å²) in [5.41, 5.74) is 6.77. The molecule has 0 bridgehead atoms. The highest BCUT2D eigenvalue weighted by Crippen LogP contribution is 2.27. The molecule has 2 rings (SSSR count). The average Bonchev–Trinajstić information content (AvgIpc) is 2.73. The van der Waals surface area contributed by atoms with E-state index in [0.717, 1.165) is 37.7 Å². The van der Waals surface area contributed by atoms with Crippen molar-refractivity contribution in [2.75, 3.05) is 0 Å². The molecule has 0 unspecified atom stereocenters. The molecule has 1 aromatic heterocycles. The molecule has 0 saturated heterocycles. The van der Waals surface area contributed by atoms with Crippen LogP contribution in [0.5, 0.6) is 0 Å². The zero-order chi connectivity index (χ0) is 12.3. The van der Waals surface area contributed by atoms with Crippen molar-refractivity contribution in [1.82, 2.24) is 9.78 Å². The van der Waals surface area contributed by atoms with Crippen molar-refractivity contribution in [2.24, 2.45) is 12.8 Å². The maximum absolute atomic E-state index is 12.1. The SMILES string of the molecule is Cn1cc(CCC(=O)C2(N)CCCCC2)cn1. The second-order valence-electron chi connectivity index (χ2n) is 5.16. The summed E-state index contributed by atoms with van der Waals surface area (Å²) in [5, 5.41) is 4.10. The lowest BCUT2D eigenvalue weighted by Gasteiger charge is -2.31. The summed E-state index contributed by atoms with van der Waals surface area (Å²) in [6, 6.07) is 0. The van der Waals surface area contributed by atoms with E-state index in [2.05, 4.69) is 5.10 Å². The normalized spacial score (nSPS) is 19.2. The van der Waals surface area contributed by atoms with Gasteiger partial charge in [0.05, 0.1) is 11.7 Å². The molecule has 17 heavy (non-hydrogen) atoms.